The molecule has 1 N–H and O–H groups in total. The highest BCUT2D eigenvalue weighted by Crippen LogP contribution is 2.19. The summed E-state index contributed by atoms with van der Waals surface area (Å²) >= 11 is 0. The van der Waals surface area contributed by atoms with Crippen LogP contribution in [0.15, 0.2) is 70.5 Å². The highest BCUT2D eigenvalue weighted by atomic mass is 32.2. The van der Waals surface area contributed by atoms with E-state index in [1.54, 1.807) is 60.7 Å². The van der Waals surface area contributed by atoms with Crippen LogP contribution in [0.1, 0.15) is 0 Å². The second-order valence-electron chi connectivity index (χ2n) is 3.77. The van der Waals surface area contributed by atoms with Gasteiger partial charge >= 0.3 is 12.4 Å². The molecule has 0 aliphatic heterocycles. The molecule has 2 aromatic carbocycles. The van der Waals surface area contributed by atoms with E-state index in [1.165, 1.54) is 0 Å². The van der Waals surface area contributed by atoms with E-state index >= 15 is 0 Å². The summed E-state index contributed by atoms with van der Waals surface area (Å²) in [5, 5.41) is 7.24. The zero-order chi connectivity index (χ0) is 15.9. The van der Waals surface area contributed by atoms with Gasteiger partial charge in [0.2, 0.25) is 9.84 Å². The molecule has 0 saturated heterocycles. The van der Waals surface area contributed by atoms with Gasteiger partial charge in [0.1, 0.15) is 0 Å². The second-order valence-corrected chi connectivity index (χ2v) is 5.72. The Hall–Kier alpha value is -2.28. The predicted octanol–water partition coefficient (Wildman–Crippen LogP) is 2.86. The van der Waals surface area contributed by atoms with Crippen molar-refractivity contribution in [1.29, 1.82) is 0 Å². The Morgan fingerprint density at radius 2 is 1.14 bits per heavy atom. The molecule has 4 nitrogen and oxygen atoms in total. The Bertz CT molecular complexity index is 625. The van der Waals surface area contributed by atoms with Crippen molar-refractivity contribution in [3.8, 4) is 0 Å². The van der Waals surface area contributed by atoms with Crippen LogP contribution in [0, 0.1) is 0 Å². The van der Waals surface area contributed by atoms with Crippen molar-refractivity contribution in [2.75, 3.05) is 0 Å². The van der Waals surface area contributed by atoms with Crippen LogP contribution in [-0.4, -0.2) is 25.9 Å². The molecule has 0 saturated carbocycles. The molecular formula is C14H12F2O4S. The molecule has 0 amide bonds. The molecule has 0 aromatic heterocycles. The maximum absolute atomic E-state index is 12.0. The van der Waals surface area contributed by atoms with Gasteiger partial charge in [-0.15, -0.1) is 0 Å². The molecule has 0 atom stereocenters. The van der Waals surface area contributed by atoms with E-state index in [4.69, 9.17) is 9.90 Å². The predicted molar refractivity (Wildman–Crippen MR) is 72.0 cm³/mol. The second kappa shape index (κ2) is 7.49. The lowest BCUT2D eigenvalue weighted by Gasteiger charge is -2.03. The fourth-order valence-electron chi connectivity index (χ4n) is 1.34. The first-order valence-corrected chi connectivity index (χ1v) is 7.20. The van der Waals surface area contributed by atoms with Crippen LogP contribution in [0.2, 0.25) is 0 Å². The van der Waals surface area contributed by atoms with Crippen LogP contribution < -0.4 is 0 Å². The first-order valence-electron chi connectivity index (χ1n) is 5.72. The molecule has 0 unspecified atom stereocenters. The van der Waals surface area contributed by atoms with Crippen molar-refractivity contribution in [3.63, 3.8) is 0 Å². The number of sulfone groups is 1. The fraction of sp³-hybridized carbons (Fsp3) is 0.0714. The Morgan fingerprint density at radius 3 is 1.38 bits per heavy atom. The van der Waals surface area contributed by atoms with Gasteiger partial charge in [-0.2, -0.15) is 8.78 Å². The van der Waals surface area contributed by atoms with Crippen molar-refractivity contribution in [3.05, 3.63) is 60.7 Å². The summed E-state index contributed by atoms with van der Waals surface area (Å²) in [6.07, 6.45) is -3.23. The number of halogens is 2. The lowest BCUT2D eigenvalue weighted by Crippen LogP contribution is -2.06. The van der Waals surface area contributed by atoms with Gasteiger partial charge < -0.3 is 5.11 Å². The van der Waals surface area contributed by atoms with Gasteiger partial charge in [-0.3, -0.25) is 0 Å². The quantitative estimate of drug-likeness (QED) is 0.945. The summed E-state index contributed by atoms with van der Waals surface area (Å²) in [4.78, 5) is 9.61. The lowest BCUT2D eigenvalue weighted by molar-refractivity contribution is -0.149. The molecule has 2 aromatic rings. The van der Waals surface area contributed by atoms with E-state index < -0.39 is 22.2 Å². The van der Waals surface area contributed by atoms with Crippen LogP contribution in [-0.2, 0) is 14.6 Å². The third-order valence-corrected chi connectivity index (χ3v) is 4.08. The minimum atomic E-state index is -3.34. The summed E-state index contributed by atoms with van der Waals surface area (Å²) in [5.74, 6) is -2.07. The smallest absolute Gasteiger partial charge is 0.371 e. The molecule has 0 aliphatic carbocycles. The highest BCUT2D eigenvalue weighted by Gasteiger charge is 2.15. The van der Waals surface area contributed by atoms with E-state index in [1.807, 2.05) is 0 Å². The maximum atomic E-state index is 12.0. The van der Waals surface area contributed by atoms with Gasteiger partial charge in [0.05, 0.1) is 9.79 Å². The topological polar surface area (TPSA) is 71.4 Å². The Morgan fingerprint density at radius 1 is 0.857 bits per heavy atom. The number of hydrogen-bond acceptors (Lipinski definition) is 3. The maximum Gasteiger partial charge on any atom is 0.371 e. The van der Waals surface area contributed by atoms with Gasteiger partial charge in [-0.25, -0.2) is 13.2 Å². The number of rotatable bonds is 3. The number of carboxylic acids is 1. The zero-order valence-electron chi connectivity index (χ0n) is 10.7. The standard InChI is InChI=1S/C12H10O2S.C2H2F2O2/c13-15(14,11-7-3-1-4-8-11)12-9-5-2-6-10-12;3-1(4)2(5)6/h1-10H;1H,(H,5,6). The van der Waals surface area contributed by atoms with Crippen molar-refractivity contribution < 1.29 is 27.1 Å². The van der Waals surface area contributed by atoms with E-state index in [-0.39, 0.29) is 0 Å². The minimum Gasteiger partial charge on any atom is -0.477 e. The molecule has 21 heavy (non-hydrogen) atoms. The van der Waals surface area contributed by atoms with E-state index in [9.17, 15) is 17.2 Å². The van der Waals surface area contributed by atoms with Crippen LogP contribution in [0.25, 0.3) is 0 Å². The average Bonchev–Trinajstić information content (AvgIpc) is 2.49. The zero-order valence-corrected chi connectivity index (χ0v) is 11.5. The van der Waals surface area contributed by atoms with E-state index in [2.05, 4.69) is 0 Å². The molecule has 0 fully saturated rings. The number of alkyl halides is 2. The Balaban J connectivity index is 0.000000315. The average molecular weight is 314 g/mol. The van der Waals surface area contributed by atoms with Gasteiger partial charge in [-0.05, 0) is 24.3 Å². The van der Waals surface area contributed by atoms with Crippen LogP contribution in [0.4, 0.5) is 8.78 Å². The molecule has 0 spiro atoms. The first kappa shape index (κ1) is 16.8. The van der Waals surface area contributed by atoms with Crippen molar-refractivity contribution in [2.45, 2.75) is 16.2 Å². The van der Waals surface area contributed by atoms with Crippen molar-refractivity contribution >= 4 is 15.8 Å². The van der Waals surface area contributed by atoms with Crippen molar-refractivity contribution in [1.82, 2.24) is 0 Å². The van der Waals surface area contributed by atoms with E-state index in [0.717, 1.165) is 0 Å². The molecule has 0 heterocycles. The number of carbonyl (C=O) groups is 1. The summed E-state index contributed by atoms with van der Waals surface area (Å²) in [6.45, 7) is 0. The van der Waals surface area contributed by atoms with Gasteiger partial charge in [0.15, 0.2) is 0 Å². The Kier molecular flexibility index (Phi) is 5.98. The lowest BCUT2D eigenvalue weighted by atomic mass is 10.4. The summed E-state index contributed by atoms with van der Waals surface area (Å²) < 4.78 is 45.2. The third-order valence-electron chi connectivity index (χ3n) is 2.29. The van der Waals surface area contributed by atoms with Crippen LogP contribution in [0.5, 0.6) is 0 Å². The normalized spacial score (nSPS) is 10.6. The van der Waals surface area contributed by atoms with Gasteiger partial charge in [0, 0.05) is 0 Å². The molecule has 2 rings (SSSR count). The first-order chi connectivity index (χ1) is 9.85. The number of aliphatic carboxylic acids is 1. The SMILES string of the molecule is O=C(O)C(F)F.O=S(=O)(c1ccccc1)c1ccccc1. The molecule has 0 bridgehead atoms. The molecule has 112 valence electrons. The molecule has 0 aliphatic rings. The van der Waals surface area contributed by atoms with E-state index in [0.29, 0.717) is 9.79 Å². The van der Waals surface area contributed by atoms with Crippen LogP contribution in [0.3, 0.4) is 0 Å². The summed E-state index contributed by atoms with van der Waals surface area (Å²) in [6, 6.07) is 16.9. The van der Waals surface area contributed by atoms with Crippen LogP contribution >= 0.6 is 0 Å². The number of carboxylic acid groups (broad SMARTS) is 1. The molecular weight excluding hydrogens is 302 g/mol. The Labute approximate surface area is 120 Å². The monoisotopic (exact) mass is 314 g/mol. The third kappa shape index (κ3) is 4.96. The minimum absolute atomic E-state index is 0.330. The molecule has 7 heteroatoms. The fourth-order valence-corrected chi connectivity index (χ4v) is 2.64. The van der Waals surface area contributed by atoms with Gasteiger partial charge in [0.25, 0.3) is 0 Å². The number of benzene rings is 2. The van der Waals surface area contributed by atoms with Gasteiger partial charge in [-0.1, -0.05) is 36.4 Å². The van der Waals surface area contributed by atoms with Crippen molar-refractivity contribution in [2.24, 2.45) is 0 Å². The number of hydrogen-bond donors (Lipinski definition) is 1. The highest BCUT2D eigenvalue weighted by molar-refractivity contribution is 7.91. The molecule has 0 radical (unpaired) electrons. The summed E-state index contributed by atoms with van der Waals surface area (Å²) in [5.41, 5.74) is 0. The summed E-state index contributed by atoms with van der Waals surface area (Å²) in [7, 11) is -3.34. The largest absolute Gasteiger partial charge is 0.477 e.